The van der Waals surface area contributed by atoms with Gasteiger partial charge in [0.2, 0.25) is 0 Å². The summed E-state index contributed by atoms with van der Waals surface area (Å²) in [5, 5.41) is 2.07. The Bertz CT molecular complexity index is 470. The molecule has 1 aromatic heterocycles. The predicted octanol–water partition coefficient (Wildman–Crippen LogP) is 5.17. The Morgan fingerprint density at radius 2 is 2.19 bits per heavy atom. The minimum absolute atomic E-state index is 0.177. The molecular weight excluding hydrogens is 402 g/mol. The summed E-state index contributed by atoms with van der Waals surface area (Å²) in [4.78, 5) is 1.58. The maximum atomic E-state index is 13.0. The van der Waals surface area contributed by atoms with Crippen LogP contribution in [0.3, 0.4) is 0 Å². The molecule has 4 heteroatoms. The van der Waals surface area contributed by atoms with Gasteiger partial charge < -0.3 is 0 Å². The zero-order valence-electron chi connectivity index (χ0n) is 8.29. The van der Waals surface area contributed by atoms with Gasteiger partial charge in [-0.3, -0.25) is 0 Å². The van der Waals surface area contributed by atoms with Crippen LogP contribution in [0.2, 0.25) is 0 Å². The first kappa shape index (κ1) is 12.5. The number of thiophene rings is 1. The molecule has 0 amide bonds. The van der Waals surface area contributed by atoms with E-state index < -0.39 is 0 Å². The molecule has 0 aliphatic rings. The number of benzene rings is 1. The Hall–Kier alpha value is 0.0600. The van der Waals surface area contributed by atoms with Gasteiger partial charge in [-0.15, -0.1) is 11.3 Å². The zero-order chi connectivity index (χ0) is 11.5. The summed E-state index contributed by atoms with van der Waals surface area (Å²) in [7, 11) is 0. The van der Waals surface area contributed by atoms with Gasteiger partial charge >= 0.3 is 0 Å². The molecule has 84 valence electrons. The number of hydrogen-bond donors (Lipinski definition) is 0. The molecule has 1 atom stereocenters. The van der Waals surface area contributed by atoms with Crippen LogP contribution in [-0.4, -0.2) is 0 Å². The molecule has 1 unspecified atom stereocenters. The van der Waals surface area contributed by atoms with Crippen LogP contribution in [0.25, 0.3) is 0 Å². The minimum atomic E-state index is -0.177. The number of alkyl halides is 1. The quantitative estimate of drug-likeness (QED) is 0.483. The lowest BCUT2D eigenvalue weighted by Gasteiger charge is -2.11. The second-order valence-electron chi connectivity index (χ2n) is 3.42. The van der Waals surface area contributed by atoms with E-state index in [1.165, 1.54) is 10.9 Å². The second-order valence-corrected chi connectivity index (χ2v) is 6.72. The monoisotopic (exact) mass is 410 g/mol. The van der Waals surface area contributed by atoms with Crippen LogP contribution in [0.4, 0.5) is 4.39 Å². The van der Waals surface area contributed by atoms with E-state index in [-0.39, 0.29) is 10.6 Å². The summed E-state index contributed by atoms with van der Waals surface area (Å²) in [6.45, 7) is 0. The van der Waals surface area contributed by atoms with Crippen molar-refractivity contribution in [1.82, 2.24) is 0 Å². The van der Waals surface area contributed by atoms with Crippen molar-refractivity contribution in [3.05, 3.63) is 55.5 Å². The molecule has 16 heavy (non-hydrogen) atoms. The van der Waals surface area contributed by atoms with Crippen molar-refractivity contribution >= 4 is 49.9 Å². The first-order chi connectivity index (χ1) is 7.66. The Morgan fingerprint density at radius 3 is 2.81 bits per heavy atom. The minimum Gasteiger partial charge on any atom is -0.207 e. The second kappa shape index (κ2) is 5.60. The molecular formula is C12H9BrFIS. The normalized spacial score (nSPS) is 12.7. The zero-order valence-corrected chi connectivity index (χ0v) is 12.9. The Labute approximate surface area is 120 Å². The van der Waals surface area contributed by atoms with Gasteiger partial charge in [-0.1, -0.05) is 28.1 Å². The lowest BCUT2D eigenvalue weighted by molar-refractivity contribution is 0.625. The van der Waals surface area contributed by atoms with E-state index in [0.29, 0.717) is 0 Å². The van der Waals surface area contributed by atoms with Gasteiger partial charge in [-0.05, 0) is 58.2 Å². The van der Waals surface area contributed by atoms with Gasteiger partial charge in [0.25, 0.3) is 0 Å². The van der Waals surface area contributed by atoms with Gasteiger partial charge in [0.1, 0.15) is 5.82 Å². The van der Waals surface area contributed by atoms with Crippen molar-refractivity contribution in [2.24, 2.45) is 0 Å². The third kappa shape index (κ3) is 3.05. The third-order valence-corrected chi connectivity index (χ3v) is 4.91. The third-order valence-electron chi connectivity index (χ3n) is 2.26. The molecule has 0 spiro atoms. The summed E-state index contributed by atoms with van der Waals surface area (Å²) in [6, 6.07) is 9.10. The van der Waals surface area contributed by atoms with Crippen LogP contribution >= 0.6 is 49.9 Å². The van der Waals surface area contributed by atoms with Crippen molar-refractivity contribution in [2.75, 3.05) is 0 Å². The molecule has 1 heterocycles. The average Bonchev–Trinajstić information content (AvgIpc) is 2.70. The van der Waals surface area contributed by atoms with E-state index in [2.05, 4.69) is 56.0 Å². The first-order valence-electron chi connectivity index (χ1n) is 4.78. The van der Waals surface area contributed by atoms with E-state index >= 15 is 0 Å². The van der Waals surface area contributed by atoms with Crippen LogP contribution in [0.5, 0.6) is 0 Å². The molecule has 0 radical (unpaired) electrons. The molecule has 2 rings (SSSR count). The van der Waals surface area contributed by atoms with Gasteiger partial charge in [0.05, 0.1) is 0 Å². The Balaban J connectivity index is 2.17. The van der Waals surface area contributed by atoms with Crippen LogP contribution in [0.15, 0.2) is 35.7 Å². The predicted molar refractivity (Wildman–Crippen MR) is 78.8 cm³/mol. The number of halogens is 3. The highest BCUT2D eigenvalue weighted by atomic mass is 127. The van der Waals surface area contributed by atoms with Crippen LogP contribution in [-0.2, 0) is 6.42 Å². The largest absolute Gasteiger partial charge is 0.207 e. The van der Waals surface area contributed by atoms with Crippen molar-refractivity contribution in [2.45, 2.75) is 11.2 Å². The summed E-state index contributed by atoms with van der Waals surface area (Å²) in [5.41, 5.74) is 1.15. The highest BCUT2D eigenvalue weighted by Crippen LogP contribution is 2.31. The van der Waals surface area contributed by atoms with Crippen LogP contribution in [0.1, 0.15) is 15.3 Å². The SMILES string of the molecule is Fc1ccc(C(Br)Cc2cccs2)c(I)c1. The van der Waals surface area contributed by atoms with Crippen molar-refractivity contribution in [3.63, 3.8) is 0 Å². The summed E-state index contributed by atoms with van der Waals surface area (Å²) in [6.07, 6.45) is 0.944. The van der Waals surface area contributed by atoms with Crippen molar-refractivity contribution < 1.29 is 4.39 Å². The molecule has 1 aromatic carbocycles. The van der Waals surface area contributed by atoms with Crippen LogP contribution in [0, 0.1) is 9.39 Å². The van der Waals surface area contributed by atoms with E-state index in [9.17, 15) is 4.39 Å². The Morgan fingerprint density at radius 1 is 1.38 bits per heavy atom. The van der Waals surface area contributed by atoms with E-state index in [4.69, 9.17) is 0 Å². The fraction of sp³-hybridized carbons (Fsp3) is 0.167. The molecule has 0 nitrogen and oxygen atoms in total. The number of rotatable bonds is 3. The molecule has 2 aromatic rings. The van der Waals surface area contributed by atoms with Gasteiger partial charge in [-0.2, -0.15) is 0 Å². The maximum Gasteiger partial charge on any atom is 0.124 e. The molecule has 0 bridgehead atoms. The lowest BCUT2D eigenvalue weighted by atomic mass is 10.1. The van der Waals surface area contributed by atoms with E-state index in [1.807, 2.05) is 6.07 Å². The van der Waals surface area contributed by atoms with Crippen molar-refractivity contribution in [3.8, 4) is 0 Å². The van der Waals surface area contributed by atoms with E-state index in [0.717, 1.165) is 15.6 Å². The molecule has 0 aliphatic carbocycles. The number of hydrogen-bond acceptors (Lipinski definition) is 1. The molecule has 0 aliphatic heterocycles. The molecule has 0 fully saturated rings. The smallest absolute Gasteiger partial charge is 0.124 e. The molecule has 0 saturated carbocycles. The highest BCUT2D eigenvalue weighted by Gasteiger charge is 2.12. The van der Waals surface area contributed by atoms with Crippen LogP contribution < -0.4 is 0 Å². The standard InChI is InChI=1S/C12H9BrFIS/c13-11(7-9-2-1-5-16-9)10-4-3-8(14)6-12(10)15/h1-6,11H,7H2. The Kier molecular flexibility index (Phi) is 4.38. The van der Waals surface area contributed by atoms with Crippen molar-refractivity contribution in [1.29, 1.82) is 0 Å². The lowest BCUT2D eigenvalue weighted by Crippen LogP contribution is -1.97. The maximum absolute atomic E-state index is 13.0. The van der Waals surface area contributed by atoms with E-state index in [1.54, 1.807) is 17.4 Å². The topological polar surface area (TPSA) is 0 Å². The van der Waals surface area contributed by atoms with Gasteiger partial charge in [-0.25, -0.2) is 4.39 Å². The fourth-order valence-electron chi connectivity index (χ4n) is 1.47. The first-order valence-corrected chi connectivity index (χ1v) is 7.65. The molecule has 0 N–H and O–H groups in total. The van der Waals surface area contributed by atoms with Gasteiger partial charge in [0.15, 0.2) is 0 Å². The average molecular weight is 411 g/mol. The molecule has 0 saturated heterocycles. The summed E-state index contributed by atoms with van der Waals surface area (Å²) in [5.74, 6) is -0.177. The van der Waals surface area contributed by atoms with Gasteiger partial charge in [0, 0.05) is 13.3 Å². The fourth-order valence-corrected chi connectivity index (χ4v) is 4.47. The summed E-state index contributed by atoms with van der Waals surface area (Å²) < 4.78 is 13.9. The summed E-state index contributed by atoms with van der Waals surface area (Å²) >= 11 is 7.59. The highest BCUT2D eigenvalue weighted by molar-refractivity contribution is 14.1.